The van der Waals surface area contributed by atoms with Crippen LogP contribution in [-0.2, 0) is 15.0 Å². The van der Waals surface area contributed by atoms with E-state index in [-0.39, 0.29) is 23.6 Å². The Labute approximate surface area is 203 Å². The van der Waals surface area contributed by atoms with Gasteiger partial charge < -0.3 is 5.32 Å². The average Bonchev–Trinajstić information content (AvgIpc) is 3.26. The van der Waals surface area contributed by atoms with Crippen LogP contribution >= 0.6 is 11.6 Å². The molecular weight excluding hydrogens is 452 g/mol. The second-order valence-corrected chi connectivity index (χ2v) is 9.27. The van der Waals surface area contributed by atoms with Crippen molar-refractivity contribution in [1.29, 1.82) is 0 Å². The fourth-order valence-electron chi connectivity index (χ4n) is 4.51. The maximum absolute atomic E-state index is 13.1. The third kappa shape index (κ3) is 4.35. The molecule has 2 N–H and O–H groups in total. The summed E-state index contributed by atoms with van der Waals surface area (Å²) in [5.74, 6) is -0.710. The van der Waals surface area contributed by atoms with Crippen molar-refractivity contribution in [2.24, 2.45) is 0 Å². The van der Waals surface area contributed by atoms with Crippen LogP contribution in [0.15, 0.2) is 54.7 Å². The molecule has 1 atom stereocenters. The molecule has 1 saturated heterocycles. The number of nitrogens with zero attached hydrogens (tertiary/aromatic N) is 2. The minimum atomic E-state index is -0.735. The Balaban J connectivity index is 1.57. The molecule has 4 rings (SSSR count). The Morgan fingerprint density at radius 3 is 2.41 bits per heavy atom. The molecule has 0 radical (unpaired) electrons. The Hall–Kier alpha value is -3.45. The molecule has 2 heterocycles. The number of carbonyl (C=O) groups excluding carboxylic acids is 3. The number of carbonyl (C=O) groups is 3. The quantitative estimate of drug-likeness (QED) is 0.488. The van der Waals surface area contributed by atoms with Crippen LogP contribution in [0.2, 0.25) is 5.02 Å². The van der Waals surface area contributed by atoms with E-state index < -0.39 is 5.41 Å². The number of aromatic nitrogens is 2. The average molecular weight is 479 g/mol. The SMILES string of the molecule is CCC1(c2ccc(NC(=O)c3cnn(-c4ccc(Cl)cc4)c3C(C)C)cc2)CCC(=O)NC1=O. The van der Waals surface area contributed by atoms with Gasteiger partial charge in [0.2, 0.25) is 11.8 Å². The zero-order chi connectivity index (χ0) is 24.5. The van der Waals surface area contributed by atoms with Crippen molar-refractivity contribution >= 4 is 35.0 Å². The first-order valence-electron chi connectivity index (χ1n) is 11.3. The molecule has 2 aromatic carbocycles. The topological polar surface area (TPSA) is 93.1 Å². The molecule has 1 aromatic heterocycles. The molecule has 1 aliphatic rings. The molecule has 176 valence electrons. The molecule has 0 saturated carbocycles. The molecule has 34 heavy (non-hydrogen) atoms. The first-order valence-corrected chi connectivity index (χ1v) is 11.7. The summed E-state index contributed by atoms with van der Waals surface area (Å²) in [6, 6.07) is 14.6. The minimum absolute atomic E-state index is 0.0539. The van der Waals surface area contributed by atoms with Gasteiger partial charge in [-0.15, -0.1) is 0 Å². The number of hydrogen-bond donors (Lipinski definition) is 2. The van der Waals surface area contributed by atoms with Crippen molar-refractivity contribution in [3.63, 3.8) is 0 Å². The molecule has 0 bridgehead atoms. The smallest absolute Gasteiger partial charge is 0.259 e. The van der Waals surface area contributed by atoms with Crippen molar-refractivity contribution < 1.29 is 14.4 Å². The number of hydrogen-bond acceptors (Lipinski definition) is 4. The van der Waals surface area contributed by atoms with E-state index in [4.69, 9.17) is 11.6 Å². The second-order valence-electron chi connectivity index (χ2n) is 8.83. The Morgan fingerprint density at radius 2 is 1.82 bits per heavy atom. The van der Waals surface area contributed by atoms with Gasteiger partial charge in [0, 0.05) is 17.1 Å². The van der Waals surface area contributed by atoms with Crippen molar-refractivity contribution in [1.82, 2.24) is 15.1 Å². The van der Waals surface area contributed by atoms with Gasteiger partial charge in [-0.2, -0.15) is 5.10 Å². The van der Waals surface area contributed by atoms with Crippen LogP contribution in [0, 0.1) is 0 Å². The molecule has 1 unspecified atom stereocenters. The highest BCUT2D eigenvalue weighted by atomic mass is 35.5. The van der Waals surface area contributed by atoms with E-state index in [9.17, 15) is 14.4 Å². The van der Waals surface area contributed by atoms with E-state index in [0.29, 0.717) is 35.5 Å². The van der Waals surface area contributed by atoms with Crippen molar-refractivity contribution in [2.75, 3.05) is 5.32 Å². The van der Waals surface area contributed by atoms with Crippen LogP contribution in [0.4, 0.5) is 5.69 Å². The molecule has 0 aliphatic carbocycles. The number of amides is 3. The molecule has 1 fully saturated rings. The van der Waals surface area contributed by atoms with E-state index in [1.165, 1.54) is 0 Å². The predicted molar refractivity (Wildman–Crippen MR) is 131 cm³/mol. The van der Waals surface area contributed by atoms with Crippen LogP contribution in [0.1, 0.15) is 67.6 Å². The van der Waals surface area contributed by atoms with E-state index in [2.05, 4.69) is 15.7 Å². The number of halogens is 1. The highest BCUT2D eigenvalue weighted by Gasteiger charge is 2.42. The fraction of sp³-hybridized carbons (Fsp3) is 0.308. The summed E-state index contributed by atoms with van der Waals surface area (Å²) in [7, 11) is 0. The van der Waals surface area contributed by atoms with Crippen LogP contribution < -0.4 is 10.6 Å². The van der Waals surface area contributed by atoms with Crippen LogP contribution in [-0.4, -0.2) is 27.5 Å². The highest BCUT2D eigenvalue weighted by Crippen LogP contribution is 2.36. The number of nitrogens with one attached hydrogen (secondary N) is 2. The summed E-state index contributed by atoms with van der Waals surface area (Å²) < 4.78 is 1.76. The summed E-state index contributed by atoms with van der Waals surface area (Å²) in [5.41, 5.74) is 2.82. The van der Waals surface area contributed by atoms with Crippen molar-refractivity contribution in [3.05, 3.63) is 76.6 Å². The number of piperidine rings is 1. The molecule has 3 amide bonds. The number of benzene rings is 2. The lowest BCUT2D eigenvalue weighted by Gasteiger charge is -2.35. The van der Waals surface area contributed by atoms with Crippen molar-refractivity contribution in [3.8, 4) is 5.69 Å². The Morgan fingerprint density at radius 1 is 1.15 bits per heavy atom. The molecule has 7 nitrogen and oxygen atoms in total. The van der Waals surface area contributed by atoms with Gasteiger partial charge in [0.25, 0.3) is 5.91 Å². The predicted octanol–water partition coefficient (Wildman–Crippen LogP) is 4.99. The standard InChI is InChI=1S/C26H27ClN4O3/c1-4-26(14-13-22(32)30-25(26)34)17-5-9-19(10-6-17)29-24(33)21-15-28-31(23(21)16(2)3)20-11-7-18(27)8-12-20/h5-12,15-16H,4,13-14H2,1-3H3,(H,29,33)(H,30,32,34). The zero-order valence-electron chi connectivity index (χ0n) is 19.4. The summed E-state index contributed by atoms with van der Waals surface area (Å²) in [6.07, 6.45) is 2.94. The molecule has 1 aliphatic heterocycles. The van der Waals surface area contributed by atoms with Crippen LogP contribution in [0.5, 0.6) is 0 Å². The molecule has 3 aromatic rings. The second kappa shape index (κ2) is 9.43. The van der Waals surface area contributed by atoms with E-state index in [0.717, 1.165) is 16.9 Å². The highest BCUT2D eigenvalue weighted by molar-refractivity contribution is 6.30. The number of imide groups is 1. The monoisotopic (exact) mass is 478 g/mol. The van der Waals surface area contributed by atoms with Crippen LogP contribution in [0.25, 0.3) is 5.69 Å². The van der Waals surface area contributed by atoms with Gasteiger partial charge in [-0.05, 0) is 60.7 Å². The maximum Gasteiger partial charge on any atom is 0.259 e. The normalized spacial score (nSPS) is 18.1. The van der Waals surface area contributed by atoms with Gasteiger partial charge in [0.05, 0.1) is 28.6 Å². The number of rotatable bonds is 6. The number of anilines is 1. The zero-order valence-corrected chi connectivity index (χ0v) is 20.1. The molecular formula is C26H27ClN4O3. The summed E-state index contributed by atoms with van der Waals surface area (Å²) >= 11 is 6.01. The van der Waals surface area contributed by atoms with E-state index in [1.807, 2.05) is 45.0 Å². The Bertz CT molecular complexity index is 1230. The largest absolute Gasteiger partial charge is 0.322 e. The summed E-state index contributed by atoms with van der Waals surface area (Å²) in [5, 5.41) is 10.5. The fourth-order valence-corrected chi connectivity index (χ4v) is 4.64. The van der Waals surface area contributed by atoms with Gasteiger partial charge in [-0.25, -0.2) is 4.68 Å². The maximum atomic E-state index is 13.1. The van der Waals surface area contributed by atoms with Crippen molar-refractivity contribution in [2.45, 2.75) is 51.4 Å². The third-order valence-corrected chi connectivity index (χ3v) is 6.69. The lowest BCUT2D eigenvalue weighted by molar-refractivity contribution is -0.138. The lowest BCUT2D eigenvalue weighted by atomic mass is 9.72. The molecule has 0 spiro atoms. The van der Waals surface area contributed by atoms with E-state index >= 15 is 0 Å². The summed E-state index contributed by atoms with van der Waals surface area (Å²) in [6.45, 7) is 5.97. The van der Waals surface area contributed by atoms with Gasteiger partial charge in [-0.3, -0.25) is 19.7 Å². The van der Waals surface area contributed by atoms with E-state index in [1.54, 1.807) is 35.1 Å². The molecule has 8 heteroatoms. The van der Waals surface area contributed by atoms with Crippen LogP contribution in [0.3, 0.4) is 0 Å². The summed E-state index contributed by atoms with van der Waals surface area (Å²) in [4.78, 5) is 37.4. The minimum Gasteiger partial charge on any atom is -0.322 e. The van der Waals surface area contributed by atoms with Gasteiger partial charge in [-0.1, -0.05) is 44.5 Å². The first kappa shape index (κ1) is 23.7. The third-order valence-electron chi connectivity index (χ3n) is 6.43. The van der Waals surface area contributed by atoms with Gasteiger partial charge in [0.1, 0.15) is 0 Å². The van der Waals surface area contributed by atoms with Gasteiger partial charge >= 0.3 is 0 Å². The Kier molecular flexibility index (Phi) is 6.57. The van der Waals surface area contributed by atoms with Gasteiger partial charge in [0.15, 0.2) is 0 Å². The lowest BCUT2D eigenvalue weighted by Crippen LogP contribution is -2.51. The first-order chi connectivity index (χ1) is 16.2.